The molecule has 0 radical (unpaired) electrons. The molecule has 0 atom stereocenters. The second-order valence-electron chi connectivity index (χ2n) is 17.1. The molecule has 0 saturated heterocycles. The molecule has 4 aliphatic rings. The van der Waals surface area contributed by atoms with E-state index < -0.39 is 0 Å². The first kappa shape index (κ1) is 39.3. The third kappa shape index (κ3) is 7.00. The van der Waals surface area contributed by atoms with Crippen LogP contribution in [0, 0.1) is 29.8 Å². The van der Waals surface area contributed by atoms with Crippen molar-refractivity contribution in [1.82, 2.24) is 18.5 Å². The quantitative estimate of drug-likeness (QED) is 0.149. The van der Waals surface area contributed by atoms with E-state index in [2.05, 4.69) is 206 Å². The van der Waals surface area contributed by atoms with Crippen molar-refractivity contribution in [2.24, 2.45) is 0 Å². The molecule has 0 fully saturated rings. The zero-order valence-electron chi connectivity index (χ0n) is 35.9. The molecule has 0 unspecified atom stereocenters. The fraction of sp³-hybridized carbons (Fsp3) is 0.158. The van der Waals surface area contributed by atoms with Crippen LogP contribution in [0.1, 0.15) is 58.8 Å². The molecule has 5 nitrogen and oxygen atoms in total. The first-order valence-electron chi connectivity index (χ1n) is 21.9. The molecular formula is C57H46N4OPt-2. The molecule has 4 bridgehead atoms. The first-order chi connectivity index (χ1) is 30.8. The summed E-state index contributed by atoms with van der Waals surface area (Å²) in [6, 6.07) is 57.1. The van der Waals surface area contributed by atoms with Gasteiger partial charge in [0.2, 0.25) is 0 Å². The Balaban J connectivity index is 0.998. The van der Waals surface area contributed by atoms with Crippen LogP contribution in [-0.2, 0) is 45.0 Å². The van der Waals surface area contributed by atoms with Crippen molar-refractivity contribution < 1.29 is 24.1 Å². The third-order valence-electron chi connectivity index (χ3n) is 13.1. The first-order valence-corrected chi connectivity index (χ1v) is 23.0. The van der Waals surface area contributed by atoms with E-state index in [1.54, 1.807) is 0 Å². The van der Waals surface area contributed by atoms with E-state index >= 15 is 0 Å². The summed E-state index contributed by atoms with van der Waals surface area (Å²) in [5.41, 5.74) is 18.5. The number of aromatic nitrogens is 4. The van der Waals surface area contributed by atoms with Gasteiger partial charge in [-0.3, -0.25) is 0 Å². The monoisotopic (exact) mass is 997 g/mol. The summed E-state index contributed by atoms with van der Waals surface area (Å²) in [5.74, 6) is 2.38. The van der Waals surface area contributed by atoms with E-state index in [0.717, 1.165) is 73.9 Å². The Morgan fingerprint density at radius 3 is 2.08 bits per heavy atom. The van der Waals surface area contributed by atoms with E-state index in [1.165, 1.54) is 55.7 Å². The summed E-state index contributed by atoms with van der Waals surface area (Å²) >= 11 is 2.48. The number of imidazole rings is 1. The van der Waals surface area contributed by atoms with Gasteiger partial charge >= 0.3 is 261 Å². The molecule has 312 valence electrons. The number of hydrogen-bond acceptors (Lipinski definition) is 2. The van der Waals surface area contributed by atoms with E-state index in [9.17, 15) is 0 Å². The number of hydrogen-bond donors (Lipinski definition) is 0. The minimum atomic E-state index is 0.287. The molecule has 6 heterocycles. The van der Waals surface area contributed by atoms with Gasteiger partial charge in [0.25, 0.3) is 0 Å². The van der Waals surface area contributed by atoms with Gasteiger partial charge in [-0.1, -0.05) is 80.6 Å². The molecule has 2 aliphatic heterocycles. The number of rotatable bonds is 7. The number of fused-ring (bicyclic) bond motifs is 3. The van der Waals surface area contributed by atoms with Crippen molar-refractivity contribution in [3.63, 3.8) is 0 Å². The van der Waals surface area contributed by atoms with Crippen LogP contribution in [0.4, 0.5) is 0 Å². The second-order valence-corrected chi connectivity index (χ2v) is 18.1. The molecule has 14 rings (SSSR count). The fourth-order valence-corrected chi connectivity index (χ4v) is 10.6. The third-order valence-corrected chi connectivity index (χ3v) is 14.2. The van der Waals surface area contributed by atoms with E-state index in [1.807, 2.05) is 18.3 Å². The number of aryl methyl sites for hydroxylation is 4. The van der Waals surface area contributed by atoms with Gasteiger partial charge < -0.3 is 0 Å². The number of benzene rings is 6. The molecular weight excluding hydrogens is 952 g/mol. The van der Waals surface area contributed by atoms with Crippen molar-refractivity contribution in [2.75, 3.05) is 0 Å². The molecule has 6 aromatic carbocycles. The summed E-state index contributed by atoms with van der Waals surface area (Å²) < 4.78 is 14.8. The van der Waals surface area contributed by atoms with Crippen molar-refractivity contribution in [2.45, 2.75) is 59.3 Å². The van der Waals surface area contributed by atoms with Gasteiger partial charge in [0, 0.05) is 11.8 Å². The van der Waals surface area contributed by atoms with Crippen LogP contribution < -0.4 is 4.74 Å². The zero-order chi connectivity index (χ0) is 42.8. The van der Waals surface area contributed by atoms with Crippen LogP contribution in [0.25, 0.3) is 61.1 Å². The average molecular weight is 998 g/mol. The Morgan fingerprint density at radius 2 is 1.32 bits per heavy atom. The second kappa shape index (κ2) is 16.0. The van der Waals surface area contributed by atoms with Crippen molar-refractivity contribution in [3.8, 4) is 45.3 Å². The van der Waals surface area contributed by atoms with Crippen LogP contribution in [0.2, 0.25) is 0 Å². The maximum atomic E-state index is 6.71. The Labute approximate surface area is 379 Å². The molecule has 63 heavy (non-hydrogen) atoms. The normalized spacial score (nSPS) is 12.7. The van der Waals surface area contributed by atoms with Gasteiger partial charge in [0.15, 0.2) is 0 Å². The minimum absolute atomic E-state index is 0.287. The van der Waals surface area contributed by atoms with Crippen LogP contribution in [0.5, 0.6) is 11.5 Å². The van der Waals surface area contributed by atoms with Crippen molar-refractivity contribution >= 4 is 27.3 Å². The summed E-state index contributed by atoms with van der Waals surface area (Å²) in [4.78, 5) is 5.15. The zero-order valence-corrected chi connectivity index (χ0v) is 38.1. The number of ether oxygens (including phenoxy) is 1. The van der Waals surface area contributed by atoms with Crippen LogP contribution in [0.15, 0.2) is 152 Å². The molecule has 0 spiro atoms. The van der Waals surface area contributed by atoms with Gasteiger partial charge in [0.05, 0.1) is 0 Å². The molecule has 10 aromatic rings. The van der Waals surface area contributed by atoms with E-state index in [-0.39, 0.29) is 5.92 Å². The summed E-state index contributed by atoms with van der Waals surface area (Å²) in [5, 5.41) is 2.22. The molecule has 0 N–H and O–H groups in total. The Hall–Kier alpha value is -6.55. The van der Waals surface area contributed by atoms with Crippen LogP contribution in [0.3, 0.4) is 0 Å². The standard InChI is InChI=1S/C57H46N4O.Pt/c1-37(2)51-33-57(58-34-53(51)43-14-9-6-10-15-43)61-54-29-24-45(42-12-7-5-8-13-42)30-52(54)50-28-27-49(32-55(50)61)62-48-17-11-16-47(31-48)59-35-56-44-21-20-40-18-19-41(39(4)38(40)3)22-25-46(26-23-44)60(56)36-59;/h5-19,23-24,26-30,33-35,37H,20-22,25H2,1-4H3;/q-2;. The summed E-state index contributed by atoms with van der Waals surface area (Å²) in [7, 11) is 0. The van der Waals surface area contributed by atoms with Gasteiger partial charge in [-0.2, -0.15) is 0 Å². The van der Waals surface area contributed by atoms with Gasteiger partial charge in [-0.25, -0.2) is 0 Å². The van der Waals surface area contributed by atoms with Crippen molar-refractivity contribution in [1.29, 1.82) is 0 Å². The average Bonchev–Trinajstić information content (AvgIpc) is 3.83. The van der Waals surface area contributed by atoms with Gasteiger partial charge in [-0.05, 0) is 28.2 Å². The van der Waals surface area contributed by atoms with E-state index in [4.69, 9.17) is 9.72 Å². The van der Waals surface area contributed by atoms with Crippen molar-refractivity contribution in [3.05, 3.63) is 207 Å². The van der Waals surface area contributed by atoms with Crippen LogP contribution >= 0.6 is 0 Å². The topological polar surface area (TPSA) is 36.4 Å². The molecule has 0 amide bonds. The molecule has 4 aromatic heterocycles. The molecule has 6 heteroatoms. The fourth-order valence-electron chi connectivity index (χ4n) is 9.56. The molecule has 2 aliphatic carbocycles. The predicted molar refractivity (Wildman–Crippen MR) is 252 cm³/mol. The summed E-state index contributed by atoms with van der Waals surface area (Å²) in [6.07, 6.45) is 8.27. The van der Waals surface area contributed by atoms with Crippen LogP contribution in [-0.4, -0.2) is 18.5 Å². The SMILES string of the molecule is Cc1c2ccc(c1C)CCc1ccc(c3cn(-c4[c-]c(Oc5[c-]c6c(cc5)c5cc(-c7ccccc7)ccc5n6-c5cc(C(C)C)c(-c6ccccc6)cn5)ccc4)[c](=[Pt])n13)CC2. The number of nitrogens with zero attached hydrogens (tertiary/aromatic N) is 4. The van der Waals surface area contributed by atoms with E-state index in [0.29, 0.717) is 11.5 Å². The van der Waals surface area contributed by atoms with Gasteiger partial charge in [-0.15, -0.1) is 0 Å². The number of pyridine rings is 2. The Bertz CT molecular complexity index is 3450. The molecule has 0 saturated carbocycles. The maximum absolute atomic E-state index is 6.71. The Kier molecular flexibility index (Phi) is 9.97. The van der Waals surface area contributed by atoms with Gasteiger partial charge in [0.1, 0.15) is 0 Å². The predicted octanol–water partition coefficient (Wildman–Crippen LogP) is 13.7. The Morgan fingerprint density at radius 1 is 0.619 bits per heavy atom. The summed E-state index contributed by atoms with van der Waals surface area (Å²) in [6.45, 7) is 9.08.